The third-order valence-electron chi connectivity index (χ3n) is 1.44. The Labute approximate surface area is 74.7 Å². The predicted molar refractivity (Wildman–Crippen MR) is 45.9 cm³/mol. The average Bonchev–Trinajstić information content (AvgIpc) is 2.16. The Kier molecular flexibility index (Phi) is 1.73. The van der Waals surface area contributed by atoms with Gasteiger partial charge in [-0.1, -0.05) is 0 Å². The molecule has 2 rings (SSSR count). The molecule has 60 valence electrons. The van der Waals surface area contributed by atoms with Crippen LogP contribution in [-0.2, 0) is 0 Å². The van der Waals surface area contributed by atoms with E-state index in [2.05, 4.69) is 19.9 Å². The molecular weight excluding hydrogens is 167 g/mol. The number of hydrogen-bond donors (Lipinski definition) is 0. The van der Waals surface area contributed by atoms with Crippen molar-refractivity contribution >= 4 is 30.9 Å². The molecule has 2 heterocycles. The van der Waals surface area contributed by atoms with E-state index in [4.69, 9.17) is 7.85 Å². The SMILES string of the molecule is [B]c1cnc2cnc(C=O)nc2n1. The van der Waals surface area contributed by atoms with E-state index in [0.717, 1.165) is 0 Å². The number of hydrogen-bond acceptors (Lipinski definition) is 5. The number of carbonyl (C=O) groups excluding carboxylic acids is 1. The molecule has 2 aromatic rings. The van der Waals surface area contributed by atoms with Crippen LogP contribution in [0.5, 0.6) is 0 Å². The van der Waals surface area contributed by atoms with Crippen LogP contribution in [0.15, 0.2) is 12.4 Å². The molecule has 0 fully saturated rings. The van der Waals surface area contributed by atoms with E-state index >= 15 is 0 Å². The van der Waals surface area contributed by atoms with E-state index in [1.54, 1.807) is 0 Å². The van der Waals surface area contributed by atoms with Crippen molar-refractivity contribution in [3.05, 3.63) is 18.2 Å². The topological polar surface area (TPSA) is 68.6 Å². The van der Waals surface area contributed by atoms with Crippen LogP contribution in [0.3, 0.4) is 0 Å². The van der Waals surface area contributed by atoms with Gasteiger partial charge in [-0.05, 0) is 0 Å². The Morgan fingerprint density at radius 3 is 2.85 bits per heavy atom. The van der Waals surface area contributed by atoms with E-state index in [1.165, 1.54) is 12.4 Å². The van der Waals surface area contributed by atoms with E-state index < -0.39 is 0 Å². The van der Waals surface area contributed by atoms with Gasteiger partial charge in [-0.25, -0.2) is 15.0 Å². The molecule has 0 aliphatic heterocycles. The third-order valence-corrected chi connectivity index (χ3v) is 1.44. The van der Waals surface area contributed by atoms with E-state index in [-0.39, 0.29) is 11.4 Å². The van der Waals surface area contributed by atoms with Gasteiger partial charge >= 0.3 is 0 Å². The fourth-order valence-corrected chi connectivity index (χ4v) is 0.897. The van der Waals surface area contributed by atoms with Crippen molar-refractivity contribution in [3.63, 3.8) is 0 Å². The second kappa shape index (κ2) is 2.89. The molecule has 13 heavy (non-hydrogen) atoms. The number of aldehydes is 1. The minimum atomic E-state index is 0.0763. The molecule has 6 heteroatoms. The smallest absolute Gasteiger partial charge is 0.194 e. The Balaban J connectivity index is 2.74. The normalized spacial score (nSPS) is 10.2. The van der Waals surface area contributed by atoms with E-state index in [9.17, 15) is 4.79 Å². The molecule has 0 aliphatic rings. The van der Waals surface area contributed by atoms with Gasteiger partial charge < -0.3 is 0 Å². The molecule has 0 spiro atoms. The van der Waals surface area contributed by atoms with Crippen LogP contribution in [-0.4, -0.2) is 34.1 Å². The van der Waals surface area contributed by atoms with Gasteiger partial charge in [0, 0.05) is 11.8 Å². The van der Waals surface area contributed by atoms with Gasteiger partial charge in [-0.3, -0.25) is 9.78 Å². The third kappa shape index (κ3) is 1.38. The monoisotopic (exact) mass is 170 g/mol. The van der Waals surface area contributed by atoms with Gasteiger partial charge in [-0.2, -0.15) is 0 Å². The van der Waals surface area contributed by atoms with Crippen LogP contribution >= 0.6 is 0 Å². The zero-order chi connectivity index (χ0) is 9.26. The summed E-state index contributed by atoms with van der Waals surface area (Å²) >= 11 is 0. The van der Waals surface area contributed by atoms with E-state index in [1.807, 2.05) is 0 Å². The Morgan fingerprint density at radius 1 is 1.23 bits per heavy atom. The van der Waals surface area contributed by atoms with Gasteiger partial charge in [0.2, 0.25) is 0 Å². The number of nitrogens with zero attached hydrogens (tertiary/aromatic N) is 4. The highest BCUT2D eigenvalue weighted by atomic mass is 16.1. The van der Waals surface area contributed by atoms with Crippen LogP contribution < -0.4 is 5.59 Å². The molecule has 0 saturated carbocycles. The Hall–Kier alpha value is -1.85. The average molecular weight is 170 g/mol. The van der Waals surface area contributed by atoms with Crippen molar-refractivity contribution < 1.29 is 4.79 Å². The van der Waals surface area contributed by atoms with E-state index in [0.29, 0.717) is 17.5 Å². The van der Waals surface area contributed by atoms with Gasteiger partial charge in [0.15, 0.2) is 17.8 Å². The molecular formula is C7H3BN4O. The highest BCUT2D eigenvalue weighted by Gasteiger charge is 2.00. The highest BCUT2D eigenvalue weighted by molar-refractivity contribution is 6.30. The first-order valence-electron chi connectivity index (χ1n) is 3.50. The summed E-state index contributed by atoms with van der Waals surface area (Å²) in [5.41, 5.74) is 1.11. The second-order valence-corrected chi connectivity index (χ2v) is 2.35. The maximum Gasteiger partial charge on any atom is 0.194 e. The van der Waals surface area contributed by atoms with Crippen LogP contribution in [0.25, 0.3) is 11.2 Å². The molecule has 0 unspecified atom stereocenters. The molecule has 0 N–H and O–H groups in total. The first kappa shape index (κ1) is 7.79. The maximum atomic E-state index is 10.3. The summed E-state index contributed by atoms with van der Waals surface area (Å²) < 4.78 is 0. The molecule has 0 atom stereocenters. The lowest BCUT2D eigenvalue weighted by Crippen LogP contribution is -2.10. The van der Waals surface area contributed by atoms with Crippen LogP contribution in [0.2, 0.25) is 0 Å². The lowest BCUT2D eigenvalue weighted by atomic mass is 10.1. The van der Waals surface area contributed by atoms with Crippen molar-refractivity contribution in [2.75, 3.05) is 0 Å². The fourth-order valence-electron chi connectivity index (χ4n) is 0.897. The first-order valence-corrected chi connectivity index (χ1v) is 3.50. The van der Waals surface area contributed by atoms with Gasteiger partial charge in [0.25, 0.3) is 0 Å². The summed E-state index contributed by atoms with van der Waals surface area (Å²) in [6.45, 7) is 0. The van der Waals surface area contributed by atoms with Crippen molar-refractivity contribution in [2.45, 2.75) is 0 Å². The summed E-state index contributed by atoms with van der Waals surface area (Å²) in [6, 6.07) is 0. The summed E-state index contributed by atoms with van der Waals surface area (Å²) in [5.74, 6) is 0.0763. The van der Waals surface area contributed by atoms with Crippen molar-refractivity contribution in [2.24, 2.45) is 0 Å². The standard InChI is InChI=1S/C7H3BN4O/c8-5-2-9-4-1-10-6(3-13)12-7(4)11-5/h1-3H. The highest BCUT2D eigenvalue weighted by Crippen LogP contribution is 2.00. The minimum absolute atomic E-state index is 0.0763. The second-order valence-electron chi connectivity index (χ2n) is 2.35. The quantitative estimate of drug-likeness (QED) is 0.406. The van der Waals surface area contributed by atoms with Gasteiger partial charge in [0.05, 0.1) is 6.20 Å². The Bertz CT molecular complexity index is 473. The summed E-state index contributed by atoms with van der Waals surface area (Å²) in [5, 5.41) is 0. The number of fused-ring (bicyclic) bond motifs is 1. The maximum absolute atomic E-state index is 10.3. The van der Waals surface area contributed by atoms with Crippen LogP contribution in [0, 0.1) is 0 Å². The number of carbonyl (C=O) groups is 1. The summed E-state index contributed by atoms with van der Waals surface area (Å²) in [4.78, 5) is 25.7. The molecule has 0 saturated heterocycles. The predicted octanol–water partition coefficient (Wildman–Crippen LogP) is -0.974. The Morgan fingerprint density at radius 2 is 2.08 bits per heavy atom. The zero-order valence-corrected chi connectivity index (χ0v) is 6.51. The van der Waals surface area contributed by atoms with Gasteiger partial charge in [0.1, 0.15) is 13.4 Å². The van der Waals surface area contributed by atoms with Crippen molar-refractivity contribution in [1.29, 1.82) is 0 Å². The number of aromatic nitrogens is 4. The van der Waals surface area contributed by atoms with Gasteiger partial charge in [-0.15, -0.1) is 0 Å². The molecule has 2 radical (unpaired) electrons. The fraction of sp³-hybridized carbons (Fsp3) is 0. The van der Waals surface area contributed by atoms with Crippen LogP contribution in [0.4, 0.5) is 0 Å². The largest absolute Gasteiger partial charge is 0.294 e. The molecule has 5 nitrogen and oxygen atoms in total. The molecule has 0 aliphatic carbocycles. The van der Waals surface area contributed by atoms with Crippen LogP contribution in [0.1, 0.15) is 10.6 Å². The first-order chi connectivity index (χ1) is 6.29. The summed E-state index contributed by atoms with van der Waals surface area (Å²) in [6.07, 6.45) is 3.38. The zero-order valence-electron chi connectivity index (χ0n) is 6.51. The summed E-state index contributed by atoms with van der Waals surface area (Å²) in [7, 11) is 5.39. The number of rotatable bonds is 1. The lowest BCUT2D eigenvalue weighted by molar-refractivity contribution is 0.111. The van der Waals surface area contributed by atoms with Crippen molar-refractivity contribution in [1.82, 2.24) is 19.9 Å². The minimum Gasteiger partial charge on any atom is -0.294 e. The lowest BCUT2D eigenvalue weighted by Gasteiger charge is -1.96. The van der Waals surface area contributed by atoms with Crippen molar-refractivity contribution in [3.8, 4) is 0 Å². The molecule has 0 amide bonds. The molecule has 0 aromatic carbocycles. The molecule has 2 aromatic heterocycles. The molecule has 0 bridgehead atoms.